The molecule has 3 N–H and O–H groups in total. The standard InChI is InChI=1S/C19H23N3O3S/c20-26(24,25)18-8-6-15(7-9-18)12-21-19(23)17-10-11-22(14-17)13-16-4-2-1-3-5-16/h1-9,17H,10-14H2,(H,21,23)(H2,20,24,25). The Balaban J connectivity index is 1.48. The average molecular weight is 373 g/mol. The van der Waals surface area contributed by atoms with Gasteiger partial charge in [0.15, 0.2) is 0 Å². The van der Waals surface area contributed by atoms with Crippen LogP contribution in [-0.2, 0) is 27.9 Å². The van der Waals surface area contributed by atoms with Gasteiger partial charge >= 0.3 is 0 Å². The van der Waals surface area contributed by atoms with Crippen molar-refractivity contribution in [1.29, 1.82) is 0 Å². The summed E-state index contributed by atoms with van der Waals surface area (Å²) in [4.78, 5) is 14.8. The van der Waals surface area contributed by atoms with Gasteiger partial charge < -0.3 is 5.32 Å². The second-order valence-corrected chi connectivity index (χ2v) is 8.17. The maximum absolute atomic E-state index is 12.4. The van der Waals surface area contributed by atoms with Crippen molar-refractivity contribution in [3.8, 4) is 0 Å². The lowest BCUT2D eigenvalue weighted by atomic mass is 10.1. The van der Waals surface area contributed by atoms with E-state index in [1.54, 1.807) is 12.1 Å². The number of hydrogen-bond donors (Lipinski definition) is 2. The van der Waals surface area contributed by atoms with Gasteiger partial charge in [-0.1, -0.05) is 42.5 Å². The molecule has 138 valence electrons. The number of primary sulfonamides is 1. The summed E-state index contributed by atoms with van der Waals surface area (Å²) in [6.45, 7) is 2.90. The van der Waals surface area contributed by atoms with Crippen molar-refractivity contribution in [3.63, 3.8) is 0 Å². The Morgan fingerprint density at radius 3 is 2.42 bits per heavy atom. The minimum absolute atomic E-state index is 0.0117. The molecule has 3 rings (SSSR count). The van der Waals surface area contributed by atoms with Crippen LogP contribution in [0.15, 0.2) is 59.5 Å². The van der Waals surface area contributed by atoms with Gasteiger partial charge in [0.1, 0.15) is 0 Å². The monoisotopic (exact) mass is 373 g/mol. The fourth-order valence-electron chi connectivity index (χ4n) is 3.16. The van der Waals surface area contributed by atoms with Crippen molar-refractivity contribution in [1.82, 2.24) is 10.2 Å². The zero-order valence-corrected chi connectivity index (χ0v) is 15.3. The van der Waals surface area contributed by atoms with E-state index < -0.39 is 10.0 Å². The molecule has 2 aromatic rings. The first kappa shape index (κ1) is 18.6. The molecule has 1 aliphatic rings. The van der Waals surface area contributed by atoms with E-state index in [1.165, 1.54) is 17.7 Å². The zero-order chi connectivity index (χ0) is 18.6. The van der Waals surface area contributed by atoms with Gasteiger partial charge in [-0.3, -0.25) is 9.69 Å². The molecule has 26 heavy (non-hydrogen) atoms. The zero-order valence-electron chi connectivity index (χ0n) is 14.5. The number of carbonyl (C=O) groups excluding carboxylic acids is 1. The van der Waals surface area contributed by atoms with E-state index in [1.807, 2.05) is 18.2 Å². The maximum Gasteiger partial charge on any atom is 0.238 e. The van der Waals surface area contributed by atoms with Crippen LogP contribution in [0.3, 0.4) is 0 Å². The molecule has 6 nitrogen and oxygen atoms in total. The highest BCUT2D eigenvalue weighted by atomic mass is 32.2. The van der Waals surface area contributed by atoms with Gasteiger partial charge in [-0.2, -0.15) is 0 Å². The Morgan fingerprint density at radius 1 is 1.08 bits per heavy atom. The van der Waals surface area contributed by atoms with E-state index in [0.29, 0.717) is 6.54 Å². The highest BCUT2D eigenvalue weighted by molar-refractivity contribution is 7.89. The molecular formula is C19H23N3O3S. The number of nitrogens with one attached hydrogen (secondary N) is 1. The predicted molar refractivity (Wildman–Crippen MR) is 99.5 cm³/mol. The first-order valence-corrected chi connectivity index (χ1v) is 10.1. The number of amides is 1. The summed E-state index contributed by atoms with van der Waals surface area (Å²) >= 11 is 0. The van der Waals surface area contributed by atoms with E-state index in [9.17, 15) is 13.2 Å². The third-order valence-corrected chi connectivity index (χ3v) is 5.54. The maximum atomic E-state index is 12.4. The molecule has 0 spiro atoms. The van der Waals surface area contributed by atoms with Crippen LogP contribution in [0.1, 0.15) is 17.5 Å². The lowest BCUT2D eigenvalue weighted by Crippen LogP contribution is -2.32. The van der Waals surface area contributed by atoms with Crippen LogP contribution in [0.4, 0.5) is 0 Å². The fourth-order valence-corrected chi connectivity index (χ4v) is 3.68. The Labute approximate surface area is 154 Å². The molecule has 1 amide bonds. The van der Waals surface area contributed by atoms with Crippen LogP contribution < -0.4 is 10.5 Å². The Kier molecular flexibility index (Phi) is 5.70. The fraction of sp³-hybridized carbons (Fsp3) is 0.316. The van der Waals surface area contributed by atoms with Gasteiger partial charge in [0.2, 0.25) is 15.9 Å². The minimum Gasteiger partial charge on any atom is -0.352 e. The van der Waals surface area contributed by atoms with Crippen molar-refractivity contribution in [2.24, 2.45) is 11.1 Å². The van der Waals surface area contributed by atoms with Gasteiger partial charge in [-0.25, -0.2) is 13.6 Å². The molecule has 1 unspecified atom stereocenters. The van der Waals surface area contributed by atoms with Gasteiger partial charge in [0.25, 0.3) is 0 Å². The summed E-state index contributed by atoms with van der Waals surface area (Å²) < 4.78 is 22.5. The van der Waals surface area contributed by atoms with Gasteiger partial charge in [0, 0.05) is 19.6 Å². The molecule has 0 saturated carbocycles. The largest absolute Gasteiger partial charge is 0.352 e. The van der Waals surface area contributed by atoms with Crippen molar-refractivity contribution < 1.29 is 13.2 Å². The van der Waals surface area contributed by atoms with E-state index >= 15 is 0 Å². The molecule has 1 atom stereocenters. The summed E-state index contributed by atoms with van der Waals surface area (Å²) in [6, 6.07) is 16.5. The highest BCUT2D eigenvalue weighted by Gasteiger charge is 2.27. The molecule has 0 aliphatic carbocycles. The number of likely N-dealkylation sites (tertiary alicyclic amines) is 1. The van der Waals surface area contributed by atoms with Crippen molar-refractivity contribution in [3.05, 3.63) is 65.7 Å². The first-order valence-electron chi connectivity index (χ1n) is 8.57. The van der Waals surface area contributed by atoms with Crippen LogP contribution >= 0.6 is 0 Å². The van der Waals surface area contributed by atoms with E-state index in [4.69, 9.17) is 5.14 Å². The van der Waals surface area contributed by atoms with Crippen LogP contribution in [0.2, 0.25) is 0 Å². The highest BCUT2D eigenvalue weighted by Crippen LogP contribution is 2.19. The molecule has 7 heteroatoms. The number of rotatable bonds is 6. The molecule has 0 bridgehead atoms. The molecule has 2 aromatic carbocycles. The quantitative estimate of drug-likeness (QED) is 0.802. The Bertz CT molecular complexity index is 851. The number of nitrogens with two attached hydrogens (primary N) is 1. The summed E-state index contributed by atoms with van der Waals surface area (Å²) in [7, 11) is -3.69. The molecule has 1 fully saturated rings. The van der Waals surface area contributed by atoms with Gasteiger partial charge in [0.05, 0.1) is 10.8 Å². The summed E-state index contributed by atoms with van der Waals surface area (Å²) in [6.07, 6.45) is 0.850. The SMILES string of the molecule is NS(=O)(=O)c1ccc(CNC(=O)C2CCN(Cc3ccccc3)C2)cc1. The van der Waals surface area contributed by atoms with Gasteiger partial charge in [-0.05, 0) is 36.2 Å². The third-order valence-electron chi connectivity index (χ3n) is 4.61. The molecule has 0 radical (unpaired) electrons. The summed E-state index contributed by atoms with van der Waals surface area (Å²) in [5, 5.41) is 8.01. The lowest BCUT2D eigenvalue weighted by Gasteiger charge is -2.16. The number of hydrogen-bond acceptors (Lipinski definition) is 4. The Morgan fingerprint density at radius 2 is 1.77 bits per heavy atom. The van der Waals surface area contributed by atoms with Gasteiger partial charge in [-0.15, -0.1) is 0 Å². The van der Waals surface area contributed by atoms with Crippen LogP contribution in [-0.4, -0.2) is 32.3 Å². The van der Waals surface area contributed by atoms with E-state index in [0.717, 1.165) is 31.6 Å². The second-order valence-electron chi connectivity index (χ2n) is 6.61. The van der Waals surface area contributed by atoms with Crippen LogP contribution in [0, 0.1) is 5.92 Å². The first-order chi connectivity index (χ1) is 12.4. The second kappa shape index (κ2) is 7.99. The summed E-state index contributed by atoms with van der Waals surface area (Å²) in [5.74, 6) is 0.0264. The Hall–Kier alpha value is -2.22. The van der Waals surface area contributed by atoms with Crippen molar-refractivity contribution >= 4 is 15.9 Å². The van der Waals surface area contributed by atoms with E-state index in [-0.39, 0.29) is 16.7 Å². The summed E-state index contributed by atoms with van der Waals surface area (Å²) in [5.41, 5.74) is 2.09. The molecule has 1 heterocycles. The molecule has 1 saturated heterocycles. The van der Waals surface area contributed by atoms with Crippen molar-refractivity contribution in [2.75, 3.05) is 13.1 Å². The number of sulfonamides is 1. The van der Waals surface area contributed by atoms with Crippen LogP contribution in [0.25, 0.3) is 0 Å². The van der Waals surface area contributed by atoms with Crippen LogP contribution in [0.5, 0.6) is 0 Å². The predicted octanol–water partition coefficient (Wildman–Crippen LogP) is 1.47. The number of nitrogens with zero attached hydrogens (tertiary/aromatic N) is 1. The minimum atomic E-state index is -3.69. The number of carbonyl (C=O) groups is 1. The molecule has 1 aliphatic heterocycles. The van der Waals surface area contributed by atoms with E-state index in [2.05, 4.69) is 22.3 Å². The molecule has 0 aromatic heterocycles. The molecular weight excluding hydrogens is 350 g/mol. The average Bonchev–Trinajstić information content (AvgIpc) is 3.09. The smallest absolute Gasteiger partial charge is 0.238 e. The normalized spacial score (nSPS) is 18.0. The topological polar surface area (TPSA) is 92.5 Å². The number of benzene rings is 2. The third kappa shape index (κ3) is 4.91. The lowest BCUT2D eigenvalue weighted by molar-refractivity contribution is -0.124. The van der Waals surface area contributed by atoms with Crippen molar-refractivity contribution in [2.45, 2.75) is 24.4 Å².